The molecular formula is C15H18N2O4S. The second-order valence-electron chi connectivity index (χ2n) is 4.73. The molecule has 1 amide bonds. The summed E-state index contributed by atoms with van der Waals surface area (Å²) in [6, 6.07) is 6.70. The lowest BCUT2D eigenvalue weighted by atomic mass is 10.1. The quantitative estimate of drug-likeness (QED) is 0.783. The zero-order valence-electron chi connectivity index (χ0n) is 12.5. The Kier molecular flexibility index (Phi) is 5.83. The average molecular weight is 322 g/mol. The Morgan fingerprint density at radius 2 is 2.18 bits per heavy atom. The van der Waals surface area contributed by atoms with E-state index in [1.54, 1.807) is 17.8 Å². The van der Waals surface area contributed by atoms with Crippen LogP contribution < -0.4 is 5.32 Å². The van der Waals surface area contributed by atoms with Crippen LogP contribution in [0.5, 0.6) is 0 Å². The summed E-state index contributed by atoms with van der Waals surface area (Å²) in [7, 11) is 1.31. The average Bonchev–Trinajstić information content (AvgIpc) is 2.93. The molecule has 1 N–H and O–H groups in total. The Morgan fingerprint density at radius 3 is 2.91 bits per heavy atom. The van der Waals surface area contributed by atoms with Crippen LogP contribution in [0, 0.1) is 0 Å². The first kappa shape index (κ1) is 16.4. The summed E-state index contributed by atoms with van der Waals surface area (Å²) in [6.45, 7) is 0. The van der Waals surface area contributed by atoms with Crippen molar-refractivity contribution in [1.82, 2.24) is 10.5 Å². The summed E-state index contributed by atoms with van der Waals surface area (Å²) in [4.78, 5) is 23.8. The molecule has 1 heterocycles. The molecule has 118 valence electrons. The van der Waals surface area contributed by atoms with Gasteiger partial charge >= 0.3 is 5.97 Å². The highest BCUT2D eigenvalue weighted by atomic mass is 32.2. The summed E-state index contributed by atoms with van der Waals surface area (Å²) in [5.41, 5.74) is 1.19. The number of hydrogen-bond acceptors (Lipinski definition) is 6. The zero-order chi connectivity index (χ0) is 15.9. The fraction of sp³-hybridized carbons (Fsp3) is 0.400. The summed E-state index contributed by atoms with van der Waals surface area (Å²) in [5.74, 6) is 0.0374. The molecule has 1 atom stereocenters. The van der Waals surface area contributed by atoms with Crippen molar-refractivity contribution >= 4 is 34.6 Å². The number of nitrogens with one attached hydrogen (secondary N) is 1. The van der Waals surface area contributed by atoms with Crippen molar-refractivity contribution in [2.45, 2.75) is 18.9 Å². The predicted octanol–water partition coefficient (Wildman–Crippen LogP) is 1.78. The molecule has 0 saturated heterocycles. The molecule has 0 spiro atoms. The lowest BCUT2D eigenvalue weighted by Gasteiger charge is -2.15. The molecule has 0 unspecified atom stereocenters. The van der Waals surface area contributed by atoms with E-state index in [4.69, 9.17) is 9.26 Å². The zero-order valence-corrected chi connectivity index (χ0v) is 13.3. The number of fused-ring (bicyclic) bond motifs is 1. The third-order valence-electron chi connectivity index (χ3n) is 3.21. The summed E-state index contributed by atoms with van der Waals surface area (Å²) in [6.07, 6.45) is 2.53. The Labute approximate surface area is 132 Å². The fourth-order valence-corrected chi connectivity index (χ4v) is 2.56. The first-order chi connectivity index (χ1) is 10.7. The molecule has 0 radical (unpaired) electrons. The number of esters is 1. The van der Waals surface area contributed by atoms with E-state index in [2.05, 4.69) is 10.5 Å². The highest BCUT2D eigenvalue weighted by Crippen LogP contribution is 2.18. The standard InChI is InChI=1S/C15H18N2O4S/c1-20-15(19)11(7-8-22-2)16-14(18)9-12-10-5-3-4-6-13(10)21-17-12/h3-6,11H,7-9H2,1-2H3,(H,16,18)/t11-/m1/s1. The second-order valence-corrected chi connectivity index (χ2v) is 5.71. The summed E-state index contributed by atoms with van der Waals surface area (Å²) < 4.78 is 9.88. The van der Waals surface area contributed by atoms with Crippen molar-refractivity contribution in [2.24, 2.45) is 0 Å². The van der Waals surface area contributed by atoms with Gasteiger partial charge in [-0.15, -0.1) is 0 Å². The van der Waals surface area contributed by atoms with E-state index in [0.717, 1.165) is 11.1 Å². The number of para-hydroxylation sites is 1. The fourth-order valence-electron chi connectivity index (χ4n) is 2.09. The van der Waals surface area contributed by atoms with Gasteiger partial charge in [0.15, 0.2) is 5.58 Å². The molecule has 1 aromatic carbocycles. The van der Waals surface area contributed by atoms with Crippen molar-refractivity contribution in [3.05, 3.63) is 30.0 Å². The third kappa shape index (κ3) is 4.00. The minimum Gasteiger partial charge on any atom is -0.467 e. The maximum absolute atomic E-state index is 12.1. The molecule has 22 heavy (non-hydrogen) atoms. The molecule has 2 aromatic rings. The van der Waals surface area contributed by atoms with Gasteiger partial charge < -0.3 is 14.6 Å². The SMILES string of the molecule is COC(=O)[C@@H](CCSC)NC(=O)Cc1noc2ccccc12. The van der Waals surface area contributed by atoms with Crippen molar-refractivity contribution in [3.8, 4) is 0 Å². The van der Waals surface area contributed by atoms with Crippen molar-refractivity contribution < 1.29 is 18.8 Å². The van der Waals surface area contributed by atoms with E-state index in [9.17, 15) is 9.59 Å². The van der Waals surface area contributed by atoms with E-state index in [0.29, 0.717) is 17.7 Å². The number of methoxy groups -OCH3 is 1. The minimum absolute atomic E-state index is 0.0593. The molecule has 1 aromatic heterocycles. The number of ether oxygens (including phenoxy) is 1. The maximum Gasteiger partial charge on any atom is 0.328 e. The normalized spacial score (nSPS) is 12.1. The number of aromatic nitrogens is 1. The minimum atomic E-state index is -0.636. The van der Waals surface area contributed by atoms with Gasteiger partial charge in [-0.2, -0.15) is 11.8 Å². The first-order valence-electron chi connectivity index (χ1n) is 6.85. The van der Waals surface area contributed by atoms with Crippen LogP contribution >= 0.6 is 11.8 Å². The van der Waals surface area contributed by atoms with Crippen molar-refractivity contribution in [3.63, 3.8) is 0 Å². The van der Waals surface area contributed by atoms with Crippen molar-refractivity contribution in [1.29, 1.82) is 0 Å². The lowest BCUT2D eigenvalue weighted by Crippen LogP contribution is -2.42. The molecule has 0 saturated carbocycles. The van der Waals surface area contributed by atoms with Crippen LogP contribution in [0.3, 0.4) is 0 Å². The Bertz CT molecular complexity index is 656. The Hall–Kier alpha value is -2.02. The van der Waals surface area contributed by atoms with Gasteiger partial charge in [0.05, 0.1) is 13.5 Å². The topological polar surface area (TPSA) is 81.4 Å². The van der Waals surface area contributed by atoms with Crippen LogP contribution in [0.2, 0.25) is 0 Å². The molecule has 6 nitrogen and oxygen atoms in total. The van der Waals surface area contributed by atoms with Crippen LogP contribution in [0.25, 0.3) is 11.0 Å². The third-order valence-corrected chi connectivity index (χ3v) is 3.86. The molecule has 0 bridgehead atoms. The van der Waals surface area contributed by atoms with Gasteiger partial charge in [-0.25, -0.2) is 4.79 Å². The van der Waals surface area contributed by atoms with E-state index in [1.807, 2.05) is 24.5 Å². The van der Waals surface area contributed by atoms with Crippen LogP contribution in [0.4, 0.5) is 0 Å². The predicted molar refractivity (Wildman–Crippen MR) is 84.7 cm³/mol. The summed E-state index contributed by atoms with van der Waals surface area (Å²) in [5, 5.41) is 7.41. The smallest absolute Gasteiger partial charge is 0.328 e. The molecule has 7 heteroatoms. The highest BCUT2D eigenvalue weighted by Gasteiger charge is 2.22. The van der Waals surface area contributed by atoms with Crippen molar-refractivity contribution in [2.75, 3.05) is 19.1 Å². The highest BCUT2D eigenvalue weighted by molar-refractivity contribution is 7.98. The number of nitrogens with zero attached hydrogens (tertiary/aromatic N) is 1. The van der Waals surface area contributed by atoms with Gasteiger partial charge in [0.1, 0.15) is 11.7 Å². The molecule has 0 aliphatic carbocycles. The van der Waals surface area contributed by atoms with Gasteiger partial charge in [-0.3, -0.25) is 4.79 Å². The van der Waals surface area contributed by atoms with E-state index < -0.39 is 12.0 Å². The Balaban J connectivity index is 2.02. The lowest BCUT2D eigenvalue weighted by molar-refractivity contribution is -0.145. The molecular weight excluding hydrogens is 304 g/mol. The van der Waals surface area contributed by atoms with Gasteiger partial charge in [0.2, 0.25) is 5.91 Å². The monoisotopic (exact) mass is 322 g/mol. The number of benzene rings is 1. The largest absolute Gasteiger partial charge is 0.467 e. The number of rotatable bonds is 7. The number of thioether (sulfide) groups is 1. The molecule has 0 fully saturated rings. The number of hydrogen-bond donors (Lipinski definition) is 1. The molecule has 2 rings (SSSR count). The van der Waals surface area contributed by atoms with Crippen LogP contribution in [-0.2, 0) is 20.7 Å². The van der Waals surface area contributed by atoms with Gasteiger partial charge in [0, 0.05) is 5.39 Å². The van der Waals surface area contributed by atoms with Crippen LogP contribution in [-0.4, -0.2) is 42.2 Å². The van der Waals surface area contributed by atoms with Crippen LogP contribution in [0.1, 0.15) is 12.1 Å². The maximum atomic E-state index is 12.1. The molecule has 0 aliphatic rings. The van der Waals surface area contributed by atoms with Gasteiger partial charge in [-0.05, 0) is 30.6 Å². The van der Waals surface area contributed by atoms with E-state index in [1.165, 1.54) is 7.11 Å². The Morgan fingerprint density at radius 1 is 1.41 bits per heavy atom. The number of carbonyl (C=O) groups excluding carboxylic acids is 2. The van der Waals surface area contributed by atoms with Gasteiger partial charge in [-0.1, -0.05) is 17.3 Å². The number of amides is 1. The van der Waals surface area contributed by atoms with E-state index >= 15 is 0 Å². The summed E-state index contributed by atoms with van der Waals surface area (Å²) >= 11 is 1.61. The number of carbonyl (C=O) groups is 2. The van der Waals surface area contributed by atoms with Gasteiger partial charge in [0.25, 0.3) is 0 Å². The van der Waals surface area contributed by atoms with E-state index in [-0.39, 0.29) is 12.3 Å². The molecule has 0 aliphatic heterocycles. The van der Waals surface area contributed by atoms with Crippen LogP contribution in [0.15, 0.2) is 28.8 Å². The first-order valence-corrected chi connectivity index (χ1v) is 8.24. The second kappa shape index (κ2) is 7.84.